The van der Waals surface area contributed by atoms with Gasteiger partial charge < -0.3 is 4.84 Å². The lowest BCUT2D eigenvalue weighted by Gasteiger charge is -2.11. The average Bonchev–Trinajstić information content (AvgIpc) is 1.99. The summed E-state index contributed by atoms with van der Waals surface area (Å²) in [4.78, 5) is 5.12. The number of hydrogen-bond donors (Lipinski definition) is 1. The molecule has 1 radical (unpaired) electrons. The number of hydrogen-bond acceptors (Lipinski definition) is 2. The van der Waals surface area contributed by atoms with Crippen LogP contribution in [0.2, 0.25) is 0 Å². The Morgan fingerprint density at radius 3 is 2.40 bits per heavy atom. The van der Waals surface area contributed by atoms with Gasteiger partial charge >= 0.3 is 0 Å². The van der Waals surface area contributed by atoms with Gasteiger partial charge in [0.05, 0.1) is 6.61 Å². The van der Waals surface area contributed by atoms with Crippen LogP contribution in [0.1, 0.15) is 33.6 Å². The molecule has 2 nitrogen and oxygen atoms in total. The van der Waals surface area contributed by atoms with Gasteiger partial charge in [0, 0.05) is 6.54 Å². The maximum atomic E-state index is 5.12. The Kier molecular flexibility index (Phi) is 6.98. The molecule has 0 fully saturated rings. The van der Waals surface area contributed by atoms with Crippen LogP contribution in [0.5, 0.6) is 0 Å². The maximum absolute atomic E-state index is 5.12. The van der Waals surface area contributed by atoms with Gasteiger partial charge in [0.2, 0.25) is 0 Å². The average molecular weight is 144 g/mol. The smallest absolute Gasteiger partial charge is 0.0710 e. The molecule has 0 unspecified atom stereocenters. The highest BCUT2D eigenvalue weighted by Crippen LogP contribution is 2.06. The van der Waals surface area contributed by atoms with Crippen LogP contribution in [0.15, 0.2) is 0 Å². The third kappa shape index (κ3) is 4.77. The second kappa shape index (κ2) is 7.03. The van der Waals surface area contributed by atoms with Gasteiger partial charge in [0.1, 0.15) is 0 Å². The second-order valence-electron chi connectivity index (χ2n) is 2.40. The fourth-order valence-electron chi connectivity index (χ4n) is 0.774. The van der Waals surface area contributed by atoms with Crippen LogP contribution in [0.25, 0.3) is 0 Å². The summed E-state index contributed by atoms with van der Waals surface area (Å²) in [6, 6.07) is 0. The minimum atomic E-state index is 0.701. The fraction of sp³-hybridized carbons (Fsp3) is 0.875. The van der Waals surface area contributed by atoms with Crippen LogP contribution in [0, 0.1) is 12.5 Å². The van der Waals surface area contributed by atoms with Crippen LogP contribution in [-0.2, 0) is 4.84 Å². The van der Waals surface area contributed by atoms with E-state index in [0.29, 0.717) is 5.92 Å². The first-order valence-electron chi connectivity index (χ1n) is 4.00. The van der Waals surface area contributed by atoms with Crippen molar-refractivity contribution in [3.8, 4) is 0 Å². The topological polar surface area (TPSA) is 21.3 Å². The summed E-state index contributed by atoms with van der Waals surface area (Å²) < 4.78 is 0. The molecule has 0 atom stereocenters. The zero-order chi connectivity index (χ0) is 7.82. The summed E-state index contributed by atoms with van der Waals surface area (Å²) in [6.45, 7) is 8.90. The highest BCUT2D eigenvalue weighted by molar-refractivity contribution is 4.51. The minimum absolute atomic E-state index is 0.701. The van der Waals surface area contributed by atoms with Gasteiger partial charge in [-0.1, -0.05) is 26.7 Å². The van der Waals surface area contributed by atoms with E-state index in [-0.39, 0.29) is 0 Å². The lowest BCUT2D eigenvalue weighted by atomic mass is 10.1. The minimum Gasteiger partial charge on any atom is -0.301 e. The zero-order valence-electron chi connectivity index (χ0n) is 7.18. The van der Waals surface area contributed by atoms with Crippen molar-refractivity contribution in [1.82, 2.24) is 5.48 Å². The van der Waals surface area contributed by atoms with Crippen LogP contribution in [0.3, 0.4) is 0 Å². The Bertz CT molecular complexity index is 62.3. The largest absolute Gasteiger partial charge is 0.301 e. The molecule has 0 aromatic heterocycles. The van der Waals surface area contributed by atoms with Gasteiger partial charge in [-0.05, 0) is 12.8 Å². The highest BCUT2D eigenvalue weighted by Gasteiger charge is 2.01. The summed E-state index contributed by atoms with van der Waals surface area (Å²) >= 11 is 0. The monoisotopic (exact) mass is 144 g/mol. The molecule has 0 aromatic rings. The van der Waals surface area contributed by atoms with Gasteiger partial charge in [-0.15, -0.1) is 0 Å². The second-order valence-corrected chi connectivity index (χ2v) is 2.40. The molecule has 0 aliphatic heterocycles. The van der Waals surface area contributed by atoms with E-state index in [1.807, 2.05) is 6.92 Å². The van der Waals surface area contributed by atoms with Crippen LogP contribution in [-0.4, -0.2) is 6.61 Å². The molecule has 0 aliphatic carbocycles. The lowest BCUT2D eigenvalue weighted by Crippen LogP contribution is -2.16. The fourth-order valence-corrected chi connectivity index (χ4v) is 0.774. The lowest BCUT2D eigenvalue weighted by molar-refractivity contribution is 0.0318. The SMILES string of the molecule is C[CH]NOCC(CC)CC. The molecule has 2 heteroatoms. The predicted octanol–water partition coefficient (Wildman–Crippen LogP) is 2.13. The first kappa shape index (κ1) is 9.92. The molecule has 0 aliphatic rings. The van der Waals surface area contributed by atoms with Crippen LogP contribution >= 0.6 is 0 Å². The van der Waals surface area contributed by atoms with Crippen LogP contribution in [0.4, 0.5) is 0 Å². The number of hydroxylamine groups is 1. The van der Waals surface area contributed by atoms with Crippen molar-refractivity contribution in [1.29, 1.82) is 0 Å². The first-order valence-corrected chi connectivity index (χ1v) is 4.00. The molecule has 10 heavy (non-hydrogen) atoms. The van der Waals surface area contributed by atoms with E-state index in [9.17, 15) is 0 Å². The molecule has 0 saturated heterocycles. The van der Waals surface area contributed by atoms with Crippen molar-refractivity contribution < 1.29 is 4.84 Å². The van der Waals surface area contributed by atoms with Gasteiger partial charge in [-0.3, -0.25) is 0 Å². The third-order valence-corrected chi connectivity index (χ3v) is 1.67. The van der Waals surface area contributed by atoms with E-state index in [0.717, 1.165) is 6.61 Å². The Balaban J connectivity index is 3.09. The van der Waals surface area contributed by atoms with Crippen LogP contribution < -0.4 is 5.48 Å². The number of nitrogens with one attached hydrogen (secondary N) is 1. The van der Waals surface area contributed by atoms with E-state index >= 15 is 0 Å². The van der Waals surface area contributed by atoms with Gasteiger partial charge in [-0.2, -0.15) is 5.48 Å². The Morgan fingerprint density at radius 1 is 1.40 bits per heavy atom. The van der Waals surface area contributed by atoms with E-state index < -0.39 is 0 Å². The zero-order valence-corrected chi connectivity index (χ0v) is 7.18. The van der Waals surface area contributed by atoms with Gasteiger partial charge in [0.25, 0.3) is 0 Å². The molecule has 0 heterocycles. The summed E-state index contributed by atoms with van der Waals surface area (Å²) in [7, 11) is 0. The molecule has 0 spiro atoms. The molecule has 0 saturated carbocycles. The summed E-state index contributed by atoms with van der Waals surface area (Å²) in [6.07, 6.45) is 2.39. The van der Waals surface area contributed by atoms with Crippen molar-refractivity contribution in [3.63, 3.8) is 0 Å². The van der Waals surface area contributed by atoms with E-state index in [1.165, 1.54) is 12.8 Å². The molecule has 61 valence electrons. The third-order valence-electron chi connectivity index (χ3n) is 1.67. The molecule has 0 aromatic carbocycles. The van der Waals surface area contributed by atoms with Crippen molar-refractivity contribution >= 4 is 0 Å². The highest BCUT2D eigenvalue weighted by atomic mass is 16.6. The molecule has 0 amide bonds. The Labute approximate surface area is 63.9 Å². The first-order chi connectivity index (χ1) is 4.85. The number of rotatable bonds is 6. The van der Waals surface area contributed by atoms with E-state index in [1.54, 1.807) is 6.54 Å². The molecular formula is C8H18NO. The summed E-state index contributed by atoms with van der Waals surface area (Å²) in [5.74, 6) is 0.701. The van der Waals surface area contributed by atoms with E-state index in [2.05, 4.69) is 19.3 Å². The Hall–Kier alpha value is -0.0800. The van der Waals surface area contributed by atoms with Crippen molar-refractivity contribution in [2.45, 2.75) is 33.6 Å². The van der Waals surface area contributed by atoms with Gasteiger partial charge in [0.15, 0.2) is 0 Å². The molecular weight excluding hydrogens is 126 g/mol. The maximum Gasteiger partial charge on any atom is 0.0710 e. The Morgan fingerprint density at radius 2 is 2.00 bits per heavy atom. The van der Waals surface area contributed by atoms with Crippen molar-refractivity contribution in [3.05, 3.63) is 6.54 Å². The van der Waals surface area contributed by atoms with E-state index in [4.69, 9.17) is 4.84 Å². The molecule has 0 bridgehead atoms. The quantitative estimate of drug-likeness (QED) is 0.455. The normalized spacial score (nSPS) is 10.8. The van der Waals surface area contributed by atoms with Crippen molar-refractivity contribution in [2.75, 3.05) is 6.61 Å². The summed E-state index contributed by atoms with van der Waals surface area (Å²) in [5.41, 5.74) is 2.72. The predicted molar refractivity (Wildman–Crippen MR) is 43.1 cm³/mol. The summed E-state index contributed by atoms with van der Waals surface area (Å²) in [5, 5.41) is 0. The standard InChI is InChI=1S/C8H18NO/c1-4-8(5-2)7-10-9-6-3/h6,8-9H,4-5,7H2,1-3H3. The van der Waals surface area contributed by atoms with Gasteiger partial charge in [-0.25, -0.2) is 0 Å². The molecule has 1 N–H and O–H groups in total. The van der Waals surface area contributed by atoms with Crippen molar-refractivity contribution in [2.24, 2.45) is 5.92 Å². The molecule has 0 rings (SSSR count).